The third kappa shape index (κ3) is 3.22. The van der Waals surface area contributed by atoms with E-state index in [1.165, 1.54) is 25.7 Å². The second-order valence-electron chi connectivity index (χ2n) is 6.82. The van der Waals surface area contributed by atoms with E-state index in [-0.39, 0.29) is 0 Å². The molecular formula is C19H24N4O. The first-order chi connectivity index (χ1) is 11.8. The van der Waals surface area contributed by atoms with Gasteiger partial charge in [-0.15, -0.1) is 0 Å². The Balaban J connectivity index is 1.45. The summed E-state index contributed by atoms with van der Waals surface area (Å²) in [5, 5.41) is 7.13. The first kappa shape index (κ1) is 15.4. The molecule has 0 saturated carbocycles. The van der Waals surface area contributed by atoms with Gasteiger partial charge in [0.2, 0.25) is 5.95 Å². The number of methoxy groups -OCH3 is 1. The van der Waals surface area contributed by atoms with Gasteiger partial charge in [-0.25, -0.2) is 9.97 Å². The molecule has 5 heteroatoms. The summed E-state index contributed by atoms with van der Waals surface area (Å²) in [5.74, 6) is 2.24. The first-order valence-electron chi connectivity index (χ1n) is 8.78. The number of anilines is 1. The molecule has 2 aromatic rings. The topological polar surface area (TPSA) is 59.1 Å². The average Bonchev–Trinajstić information content (AvgIpc) is 2.98. The Morgan fingerprint density at radius 3 is 2.75 bits per heavy atom. The number of benzene rings is 1. The largest absolute Gasteiger partial charge is 0.496 e. The van der Waals surface area contributed by atoms with Crippen LogP contribution in [0.4, 0.5) is 5.95 Å². The van der Waals surface area contributed by atoms with Crippen LogP contribution in [0.1, 0.15) is 25.7 Å². The van der Waals surface area contributed by atoms with Gasteiger partial charge in [0.1, 0.15) is 5.75 Å². The number of ether oxygens (including phenoxy) is 1. The normalized spacial score (nSPS) is 25.5. The van der Waals surface area contributed by atoms with Crippen LogP contribution in [0.5, 0.6) is 5.75 Å². The smallest absolute Gasteiger partial charge is 0.223 e. The highest BCUT2D eigenvalue weighted by molar-refractivity contribution is 5.67. The van der Waals surface area contributed by atoms with Gasteiger partial charge in [-0.3, -0.25) is 0 Å². The zero-order chi connectivity index (χ0) is 16.4. The molecule has 0 radical (unpaired) electrons. The maximum absolute atomic E-state index is 5.44. The van der Waals surface area contributed by atoms with Gasteiger partial charge in [0.25, 0.3) is 0 Å². The molecule has 2 N–H and O–H groups in total. The number of para-hydroxylation sites is 1. The molecule has 1 aromatic heterocycles. The van der Waals surface area contributed by atoms with Crippen LogP contribution in [0, 0.1) is 5.92 Å². The van der Waals surface area contributed by atoms with Crippen LogP contribution in [0.3, 0.4) is 0 Å². The predicted molar refractivity (Wildman–Crippen MR) is 95.2 cm³/mol. The molecule has 2 aliphatic rings. The quantitative estimate of drug-likeness (QED) is 0.885. The molecule has 126 valence electrons. The van der Waals surface area contributed by atoms with E-state index in [0.717, 1.165) is 35.6 Å². The summed E-state index contributed by atoms with van der Waals surface area (Å²) >= 11 is 0. The Morgan fingerprint density at radius 1 is 1.17 bits per heavy atom. The summed E-state index contributed by atoms with van der Waals surface area (Å²) in [6.45, 7) is 0.948. The van der Waals surface area contributed by atoms with E-state index in [4.69, 9.17) is 4.74 Å². The molecule has 2 aliphatic heterocycles. The van der Waals surface area contributed by atoms with Crippen LogP contribution >= 0.6 is 0 Å². The van der Waals surface area contributed by atoms with Crippen molar-refractivity contribution >= 4 is 5.95 Å². The van der Waals surface area contributed by atoms with Crippen LogP contribution < -0.4 is 15.4 Å². The van der Waals surface area contributed by atoms with E-state index in [1.807, 2.05) is 36.5 Å². The van der Waals surface area contributed by atoms with Crippen molar-refractivity contribution in [1.82, 2.24) is 15.3 Å². The van der Waals surface area contributed by atoms with Gasteiger partial charge >= 0.3 is 0 Å². The SMILES string of the molecule is COc1ccccc1-c1ccnc(NCC2C[C@H]3CC[C@@H](C2)N3)n1. The molecule has 0 aliphatic carbocycles. The lowest BCUT2D eigenvalue weighted by Gasteiger charge is -2.29. The van der Waals surface area contributed by atoms with Crippen molar-refractivity contribution in [3.63, 3.8) is 0 Å². The Hall–Kier alpha value is -2.14. The molecule has 2 bridgehead atoms. The third-order valence-corrected chi connectivity index (χ3v) is 5.16. The molecule has 1 aromatic carbocycles. The predicted octanol–water partition coefficient (Wildman–Crippen LogP) is 3.09. The van der Waals surface area contributed by atoms with Crippen molar-refractivity contribution in [2.45, 2.75) is 37.8 Å². The van der Waals surface area contributed by atoms with Crippen LogP contribution in [0.2, 0.25) is 0 Å². The number of rotatable bonds is 5. The lowest BCUT2D eigenvalue weighted by Crippen LogP contribution is -2.40. The summed E-state index contributed by atoms with van der Waals surface area (Å²) in [6.07, 6.45) is 7.00. The highest BCUT2D eigenvalue weighted by Gasteiger charge is 2.33. The molecule has 4 rings (SSSR count). The number of aromatic nitrogens is 2. The summed E-state index contributed by atoms with van der Waals surface area (Å²) in [6, 6.07) is 11.3. The van der Waals surface area contributed by atoms with Gasteiger partial charge < -0.3 is 15.4 Å². The highest BCUT2D eigenvalue weighted by Crippen LogP contribution is 2.31. The molecule has 1 unspecified atom stereocenters. The minimum Gasteiger partial charge on any atom is -0.496 e. The Kier molecular flexibility index (Phi) is 4.34. The number of piperidine rings is 1. The van der Waals surface area contributed by atoms with Crippen LogP contribution in [0.15, 0.2) is 36.5 Å². The van der Waals surface area contributed by atoms with Crippen molar-refractivity contribution in [1.29, 1.82) is 0 Å². The molecule has 2 fully saturated rings. The standard InChI is InChI=1S/C19H24N4O/c1-24-18-5-3-2-4-16(18)17-8-9-20-19(23-17)21-12-13-10-14-6-7-15(11-13)22-14/h2-5,8-9,13-15,22H,6-7,10-12H2,1H3,(H,20,21,23)/t13?,14-,15+. The maximum atomic E-state index is 5.44. The molecule has 0 spiro atoms. The fourth-order valence-corrected chi connectivity index (χ4v) is 4.03. The number of hydrogen-bond donors (Lipinski definition) is 2. The van der Waals surface area contributed by atoms with E-state index < -0.39 is 0 Å². The summed E-state index contributed by atoms with van der Waals surface area (Å²) < 4.78 is 5.44. The van der Waals surface area contributed by atoms with Crippen molar-refractivity contribution in [2.24, 2.45) is 5.92 Å². The number of fused-ring (bicyclic) bond motifs is 2. The average molecular weight is 324 g/mol. The van der Waals surface area contributed by atoms with Crippen LogP contribution in [-0.4, -0.2) is 35.7 Å². The summed E-state index contributed by atoms with van der Waals surface area (Å²) in [7, 11) is 1.69. The molecule has 5 nitrogen and oxygen atoms in total. The van der Waals surface area contributed by atoms with E-state index >= 15 is 0 Å². The van der Waals surface area contributed by atoms with Gasteiger partial charge in [-0.2, -0.15) is 0 Å². The Morgan fingerprint density at radius 2 is 1.96 bits per heavy atom. The minimum absolute atomic E-state index is 0.698. The monoisotopic (exact) mass is 324 g/mol. The Bertz CT molecular complexity index is 693. The lowest BCUT2D eigenvalue weighted by molar-refractivity contribution is 0.311. The lowest BCUT2D eigenvalue weighted by atomic mass is 9.92. The van der Waals surface area contributed by atoms with E-state index in [2.05, 4.69) is 20.6 Å². The Labute approximate surface area is 142 Å². The molecule has 0 amide bonds. The second-order valence-corrected chi connectivity index (χ2v) is 6.82. The van der Waals surface area contributed by atoms with Gasteiger partial charge in [-0.1, -0.05) is 12.1 Å². The van der Waals surface area contributed by atoms with Crippen molar-refractivity contribution in [2.75, 3.05) is 19.0 Å². The second kappa shape index (κ2) is 6.77. The fourth-order valence-electron chi connectivity index (χ4n) is 4.03. The molecule has 24 heavy (non-hydrogen) atoms. The fraction of sp³-hybridized carbons (Fsp3) is 0.474. The summed E-state index contributed by atoms with van der Waals surface area (Å²) in [5.41, 5.74) is 1.88. The number of hydrogen-bond acceptors (Lipinski definition) is 5. The van der Waals surface area contributed by atoms with E-state index in [1.54, 1.807) is 7.11 Å². The van der Waals surface area contributed by atoms with E-state index in [0.29, 0.717) is 11.9 Å². The van der Waals surface area contributed by atoms with Crippen molar-refractivity contribution in [3.8, 4) is 17.0 Å². The highest BCUT2D eigenvalue weighted by atomic mass is 16.5. The van der Waals surface area contributed by atoms with Gasteiger partial charge in [0.15, 0.2) is 0 Å². The summed E-state index contributed by atoms with van der Waals surface area (Å²) in [4.78, 5) is 9.05. The van der Waals surface area contributed by atoms with Crippen LogP contribution in [0.25, 0.3) is 11.3 Å². The molecule has 2 saturated heterocycles. The van der Waals surface area contributed by atoms with Gasteiger partial charge in [0, 0.05) is 30.4 Å². The number of nitrogens with one attached hydrogen (secondary N) is 2. The van der Waals surface area contributed by atoms with Gasteiger partial charge in [-0.05, 0) is 49.8 Å². The number of nitrogens with zero attached hydrogens (tertiary/aromatic N) is 2. The van der Waals surface area contributed by atoms with E-state index in [9.17, 15) is 0 Å². The van der Waals surface area contributed by atoms with Gasteiger partial charge in [0.05, 0.1) is 12.8 Å². The molecule has 3 heterocycles. The van der Waals surface area contributed by atoms with Crippen LogP contribution in [-0.2, 0) is 0 Å². The maximum Gasteiger partial charge on any atom is 0.223 e. The zero-order valence-corrected chi connectivity index (χ0v) is 14.0. The molecular weight excluding hydrogens is 300 g/mol. The third-order valence-electron chi connectivity index (χ3n) is 5.16. The van der Waals surface area contributed by atoms with Crippen molar-refractivity contribution in [3.05, 3.63) is 36.5 Å². The minimum atomic E-state index is 0.698. The zero-order valence-electron chi connectivity index (χ0n) is 14.0. The van der Waals surface area contributed by atoms with Crippen molar-refractivity contribution < 1.29 is 4.74 Å². The first-order valence-corrected chi connectivity index (χ1v) is 8.78. The molecule has 3 atom stereocenters.